The number of rotatable bonds is 4. The monoisotopic (exact) mass is 215 g/mol. The minimum atomic E-state index is -0.161. The number of likely N-dealkylation sites (N-methyl/N-ethyl adjacent to an activating group) is 1. The maximum atomic E-state index is 11.4. The average Bonchev–Trinajstić information content (AvgIpc) is 2.49. The van der Waals surface area contributed by atoms with Gasteiger partial charge in [0.2, 0.25) is 0 Å². The van der Waals surface area contributed by atoms with E-state index >= 15 is 0 Å². The third-order valence-corrected chi connectivity index (χ3v) is 2.65. The lowest BCUT2D eigenvalue weighted by Gasteiger charge is -2.25. The van der Waals surface area contributed by atoms with Crippen molar-refractivity contribution in [3.63, 3.8) is 0 Å². The third-order valence-electron chi connectivity index (χ3n) is 2.65. The molecule has 0 aromatic heterocycles. The molecule has 0 saturated carbocycles. The van der Waals surface area contributed by atoms with E-state index in [0.717, 1.165) is 13.0 Å². The normalized spacial score (nSPS) is 26.3. The molecule has 1 heterocycles. The van der Waals surface area contributed by atoms with Gasteiger partial charge in [0.05, 0.1) is 18.8 Å². The molecule has 1 fully saturated rings. The Balaban J connectivity index is 2.34. The molecule has 0 aliphatic carbocycles. The number of carbonyl (C=O) groups excluding carboxylic acids is 1. The second-order valence-electron chi connectivity index (χ2n) is 4.39. The van der Waals surface area contributed by atoms with Crippen LogP contribution in [0.15, 0.2) is 0 Å². The fourth-order valence-electron chi connectivity index (χ4n) is 1.92. The van der Waals surface area contributed by atoms with Gasteiger partial charge in [-0.3, -0.25) is 9.69 Å². The molecule has 1 aliphatic heterocycles. The Bertz CT molecular complexity index is 218. The molecule has 88 valence electrons. The molecular weight excluding hydrogens is 194 g/mol. The Morgan fingerprint density at radius 3 is 2.73 bits per heavy atom. The third kappa shape index (κ3) is 3.80. The van der Waals surface area contributed by atoms with Gasteiger partial charge < -0.3 is 9.47 Å². The first-order valence-electron chi connectivity index (χ1n) is 5.52. The highest BCUT2D eigenvalue weighted by atomic mass is 16.5. The van der Waals surface area contributed by atoms with Gasteiger partial charge in [-0.1, -0.05) is 0 Å². The predicted molar refractivity (Wildman–Crippen MR) is 57.7 cm³/mol. The van der Waals surface area contributed by atoms with Crippen LogP contribution in [0.4, 0.5) is 0 Å². The van der Waals surface area contributed by atoms with Crippen molar-refractivity contribution in [2.75, 3.05) is 20.2 Å². The van der Waals surface area contributed by atoms with E-state index < -0.39 is 0 Å². The molecule has 0 amide bonds. The van der Waals surface area contributed by atoms with E-state index in [2.05, 4.69) is 0 Å². The van der Waals surface area contributed by atoms with E-state index in [9.17, 15) is 4.79 Å². The zero-order valence-corrected chi connectivity index (χ0v) is 10.0. The molecule has 2 atom stereocenters. The smallest absolute Gasteiger partial charge is 0.320 e. The summed E-state index contributed by atoms with van der Waals surface area (Å²) in [5.74, 6) is -0.161. The van der Waals surface area contributed by atoms with E-state index in [0.29, 0.717) is 12.6 Å². The van der Waals surface area contributed by atoms with Crippen LogP contribution in [0.3, 0.4) is 0 Å². The molecule has 4 nitrogen and oxygen atoms in total. The van der Waals surface area contributed by atoms with Crippen molar-refractivity contribution >= 4 is 5.97 Å². The van der Waals surface area contributed by atoms with Crippen LogP contribution >= 0.6 is 0 Å². The SMILES string of the molecule is CC(C)OC(=O)CN(C)C1CCOC1C. The van der Waals surface area contributed by atoms with E-state index in [4.69, 9.17) is 9.47 Å². The summed E-state index contributed by atoms with van der Waals surface area (Å²) in [7, 11) is 1.94. The zero-order valence-electron chi connectivity index (χ0n) is 10.0. The van der Waals surface area contributed by atoms with Gasteiger partial charge in [-0.05, 0) is 34.2 Å². The quantitative estimate of drug-likeness (QED) is 0.657. The predicted octanol–water partition coefficient (Wildman–Crippen LogP) is 1.05. The second-order valence-corrected chi connectivity index (χ2v) is 4.39. The largest absolute Gasteiger partial charge is 0.462 e. The first-order valence-corrected chi connectivity index (χ1v) is 5.52. The van der Waals surface area contributed by atoms with Crippen LogP contribution in [0.25, 0.3) is 0 Å². The molecule has 0 aromatic rings. The summed E-state index contributed by atoms with van der Waals surface area (Å²) in [6, 6.07) is 0.338. The molecule has 15 heavy (non-hydrogen) atoms. The van der Waals surface area contributed by atoms with E-state index in [-0.39, 0.29) is 18.2 Å². The van der Waals surface area contributed by atoms with Crippen LogP contribution in [-0.2, 0) is 14.3 Å². The summed E-state index contributed by atoms with van der Waals surface area (Å²) in [4.78, 5) is 13.4. The highest BCUT2D eigenvalue weighted by molar-refractivity contribution is 5.71. The molecule has 0 spiro atoms. The van der Waals surface area contributed by atoms with Gasteiger partial charge in [0.25, 0.3) is 0 Å². The Morgan fingerprint density at radius 1 is 1.60 bits per heavy atom. The van der Waals surface area contributed by atoms with Crippen molar-refractivity contribution in [1.82, 2.24) is 4.90 Å². The lowest BCUT2D eigenvalue weighted by molar-refractivity contribution is -0.149. The van der Waals surface area contributed by atoms with Crippen molar-refractivity contribution in [2.24, 2.45) is 0 Å². The maximum Gasteiger partial charge on any atom is 0.320 e. The summed E-state index contributed by atoms with van der Waals surface area (Å²) >= 11 is 0. The van der Waals surface area contributed by atoms with E-state index in [1.54, 1.807) is 0 Å². The highest BCUT2D eigenvalue weighted by Crippen LogP contribution is 2.17. The number of esters is 1. The molecule has 4 heteroatoms. The van der Waals surface area contributed by atoms with Gasteiger partial charge in [0, 0.05) is 12.6 Å². The van der Waals surface area contributed by atoms with Gasteiger partial charge in [0.15, 0.2) is 0 Å². The molecule has 0 bridgehead atoms. The van der Waals surface area contributed by atoms with Crippen LogP contribution in [-0.4, -0.2) is 49.3 Å². The van der Waals surface area contributed by atoms with Crippen molar-refractivity contribution in [3.8, 4) is 0 Å². The second kappa shape index (κ2) is 5.47. The standard InChI is InChI=1S/C11H21NO3/c1-8(2)15-11(13)7-12(4)10-5-6-14-9(10)3/h8-10H,5-7H2,1-4H3. The molecule has 1 saturated heterocycles. The van der Waals surface area contributed by atoms with Gasteiger partial charge in [-0.25, -0.2) is 0 Å². The number of carbonyl (C=O) groups is 1. The molecule has 0 radical (unpaired) electrons. The van der Waals surface area contributed by atoms with Crippen LogP contribution in [0, 0.1) is 0 Å². The Kier molecular flexibility index (Phi) is 4.54. The zero-order chi connectivity index (χ0) is 11.4. The van der Waals surface area contributed by atoms with Crippen LogP contribution in [0.1, 0.15) is 27.2 Å². The first-order chi connectivity index (χ1) is 7.00. The Labute approximate surface area is 91.5 Å². The summed E-state index contributed by atoms with van der Waals surface area (Å²) in [5, 5.41) is 0. The van der Waals surface area contributed by atoms with E-state index in [1.807, 2.05) is 32.7 Å². The van der Waals surface area contributed by atoms with Crippen molar-refractivity contribution in [3.05, 3.63) is 0 Å². The molecule has 0 N–H and O–H groups in total. The van der Waals surface area contributed by atoms with Gasteiger partial charge in [-0.15, -0.1) is 0 Å². The minimum Gasteiger partial charge on any atom is -0.462 e. The fraction of sp³-hybridized carbons (Fsp3) is 0.909. The number of nitrogens with zero attached hydrogens (tertiary/aromatic N) is 1. The Morgan fingerprint density at radius 2 is 2.27 bits per heavy atom. The van der Waals surface area contributed by atoms with Gasteiger partial charge in [-0.2, -0.15) is 0 Å². The first kappa shape index (κ1) is 12.5. The molecule has 2 unspecified atom stereocenters. The lowest BCUT2D eigenvalue weighted by atomic mass is 10.1. The van der Waals surface area contributed by atoms with Crippen LogP contribution < -0.4 is 0 Å². The summed E-state index contributed by atoms with van der Waals surface area (Å²) in [6.07, 6.45) is 1.16. The van der Waals surface area contributed by atoms with Gasteiger partial charge >= 0.3 is 5.97 Å². The summed E-state index contributed by atoms with van der Waals surface area (Å²) in [6.45, 7) is 6.90. The Hall–Kier alpha value is -0.610. The fourth-order valence-corrected chi connectivity index (χ4v) is 1.92. The minimum absolute atomic E-state index is 0.0387. The number of hydrogen-bond acceptors (Lipinski definition) is 4. The number of ether oxygens (including phenoxy) is 2. The summed E-state index contributed by atoms with van der Waals surface area (Å²) < 4.78 is 10.5. The molecule has 0 aromatic carbocycles. The molecule has 1 rings (SSSR count). The van der Waals surface area contributed by atoms with Crippen LogP contribution in [0.5, 0.6) is 0 Å². The topological polar surface area (TPSA) is 38.8 Å². The van der Waals surface area contributed by atoms with Gasteiger partial charge in [0.1, 0.15) is 0 Å². The van der Waals surface area contributed by atoms with E-state index in [1.165, 1.54) is 0 Å². The van der Waals surface area contributed by atoms with Crippen molar-refractivity contribution in [1.29, 1.82) is 0 Å². The molecule has 1 aliphatic rings. The average molecular weight is 215 g/mol. The highest BCUT2D eigenvalue weighted by Gasteiger charge is 2.29. The molecular formula is C11H21NO3. The summed E-state index contributed by atoms with van der Waals surface area (Å²) in [5.41, 5.74) is 0. The van der Waals surface area contributed by atoms with Crippen molar-refractivity contribution in [2.45, 2.75) is 45.4 Å². The number of hydrogen-bond donors (Lipinski definition) is 0. The lowest BCUT2D eigenvalue weighted by Crippen LogP contribution is -2.40. The van der Waals surface area contributed by atoms with Crippen LogP contribution in [0.2, 0.25) is 0 Å². The van der Waals surface area contributed by atoms with Crippen molar-refractivity contribution < 1.29 is 14.3 Å². The maximum absolute atomic E-state index is 11.4.